The first-order chi connectivity index (χ1) is 6.61. The number of methoxy groups -OCH3 is 1. The van der Waals surface area contributed by atoms with Crippen molar-refractivity contribution in [2.24, 2.45) is 0 Å². The number of nitrogens with zero attached hydrogens (tertiary/aromatic N) is 1. The van der Waals surface area contributed by atoms with E-state index in [0.29, 0.717) is 5.56 Å². The average molecular weight is 193 g/mol. The lowest BCUT2D eigenvalue weighted by atomic mass is 10.0. The number of rotatable bonds is 2. The van der Waals surface area contributed by atoms with Gasteiger partial charge in [0.15, 0.2) is 0 Å². The highest BCUT2D eigenvalue weighted by Gasteiger charge is 2.13. The third kappa shape index (κ3) is 1.76. The molecule has 0 saturated carbocycles. The Bertz CT molecular complexity index is 359. The number of hydrogen-bond acceptors (Lipinski definition) is 3. The van der Waals surface area contributed by atoms with E-state index in [1.54, 1.807) is 6.20 Å². The molecule has 0 saturated heterocycles. The van der Waals surface area contributed by atoms with E-state index in [1.807, 2.05) is 13.8 Å². The first-order valence-electron chi connectivity index (χ1n) is 4.65. The Hall–Kier alpha value is -1.38. The fourth-order valence-electron chi connectivity index (χ4n) is 1.61. The molecule has 0 atom stereocenters. The van der Waals surface area contributed by atoms with Crippen LogP contribution in [0.3, 0.4) is 0 Å². The molecule has 0 amide bonds. The van der Waals surface area contributed by atoms with Crippen LogP contribution in [-0.4, -0.2) is 18.1 Å². The minimum atomic E-state index is -0.315. The second-order valence-corrected chi connectivity index (χ2v) is 3.21. The number of ether oxygens (including phenoxy) is 1. The second-order valence-electron chi connectivity index (χ2n) is 3.21. The standard InChI is InChI=1S/C11H15NO2/c1-5-9-7(2)10(11(13)14-4)6-12-8(9)3/h6H,5H2,1-4H3. The van der Waals surface area contributed by atoms with E-state index in [1.165, 1.54) is 7.11 Å². The van der Waals surface area contributed by atoms with Gasteiger partial charge in [-0.05, 0) is 31.4 Å². The molecule has 14 heavy (non-hydrogen) atoms. The van der Waals surface area contributed by atoms with Crippen LogP contribution in [0.25, 0.3) is 0 Å². The van der Waals surface area contributed by atoms with Crippen molar-refractivity contribution in [3.63, 3.8) is 0 Å². The first kappa shape index (κ1) is 10.7. The van der Waals surface area contributed by atoms with Crippen molar-refractivity contribution < 1.29 is 9.53 Å². The highest BCUT2D eigenvalue weighted by molar-refractivity contribution is 5.91. The zero-order valence-corrected chi connectivity index (χ0v) is 9.05. The number of aromatic nitrogens is 1. The van der Waals surface area contributed by atoms with Gasteiger partial charge < -0.3 is 4.74 Å². The minimum Gasteiger partial charge on any atom is -0.465 e. The third-order valence-electron chi connectivity index (χ3n) is 2.44. The molecule has 1 aromatic heterocycles. The number of carbonyl (C=O) groups is 1. The van der Waals surface area contributed by atoms with Gasteiger partial charge in [-0.2, -0.15) is 0 Å². The van der Waals surface area contributed by atoms with Gasteiger partial charge in [-0.25, -0.2) is 4.79 Å². The lowest BCUT2D eigenvalue weighted by molar-refractivity contribution is 0.0599. The van der Waals surface area contributed by atoms with Gasteiger partial charge in [-0.1, -0.05) is 6.92 Å². The van der Waals surface area contributed by atoms with Crippen LogP contribution in [0.2, 0.25) is 0 Å². The van der Waals surface area contributed by atoms with Crippen LogP contribution in [0.5, 0.6) is 0 Å². The summed E-state index contributed by atoms with van der Waals surface area (Å²) < 4.78 is 4.68. The molecule has 0 aliphatic carbocycles. The van der Waals surface area contributed by atoms with Crippen LogP contribution >= 0.6 is 0 Å². The van der Waals surface area contributed by atoms with Gasteiger partial charge in [-0.3, -0.25) is 4.98 Å². The number of esters is 1. The maximum Gasteiger partial charge on any atom is 0.339 e. The van der Waals surface area contributed by atoms with Crippen molar-refractivity contribution >= 4 is 5.97 Å². The van der Waals surface area contributed by atoms with Crippen LogP contribution in [-0.2, 0) is 11.2 Å². The molecule has 0 fully saturated rings. The molecule has 0 bridgehead atoms. The third-order valence-corrected chi connectivity index (χ3v) is 2.44. The minimum absolute atomic E-state index is 0.315. The van der Waals surface area contributed by atoms with Gasteiger partial charge in [-0.15, -0.1) is 0 Å². The van der Waals surface area contributed by atoms with Crippen molar-refractivity contribution in [2.45, 2.75) is 27.2 Å². The van der Waals surface area contributed by atoms with Gasteiger partial charge >= 0.3 is 5.97 Å². The molecule has 0 aromatic carbocycles. The summed E-state index contributed by atoms with van der Waals surface area (Å²) in [7, 11) is 1.38. The Morgan fingerprint density at radius 1 is 1.50 bits per heavy atom. The molecule has 1 heterocycles. The Kier molecular flexibility index (Phi) is 3.23. The van der Waals surface area contributed by atoms with Gasteiger partial charge in [0.2, 0.25) is 0 Å². The predicted octanol–water partition coefficient (Wildman–Crippen LogP) is 2.05. The van der Waals surface area contributed by atoms with E-state index in [4.69, 9.17) is 0 Å². The zero-order chi connectivity index (χ0) is 10.7. The van der Waals surface area contributed by atoms with Gasteiger partial charge in [0.1, 0.15) is 0 Å². The SMILES string of the molecule is CCc1c(C)ncc(C(=O)OC)c1C. The summed E-state index contributed by atoms with van der Waals surface area (Å²) in [5, 5.41) is 0. The summed E-state index contributed by atoms with van der Waals surface area (Å²) in [4.78, 5) is 15.5. The van der Waals surface area contributed by atoms with E-state index in [0.717, 1.165) is 23.2 Å². The molecule has 0 N–H and O–H groups in total. The van der Waals surface area contributed by atoms with Gasteiger partial charge in [0.25, 0.3) is 0 Å². The number of carbonyl (C=O) groups excluding carboxylic acids is 1. The van der Waals surface area contributed by atoms with Crippen molar-refractivity contribution in [1.29, 1.82) is 0 Å². The van der Waals surface area contributed by atoms with Gasteiger partial charge in [0.05, 0.1) is 12.7 Å². The van der Waals surface area contributed by atoms with Crippen LogP contribution in [0.4, 0.5) is 0 Å². The summed E-state index contributed by atoms with van der Waals surface area (Å²) in [6.45, 7) is 5.94. The molecular formula is C11H15NO2. The molecule has 3 nitrogen and oxygen atoms in total. The fraction of sp³-hybridized carbons (Fsp3) is 0.455. The van der Waals surface area contributed by atoms with Crippen molar-refractivity contribution in [3.05, 3.63) is 28.6 Å². The average Bonchev–Trinajstić information content (AvgIpc) is 2.18. The molecular weight excluding hydrogens is 178 g/mol. The van der Waals surface area contributed by atoms with Crippen LogP contribution in [0.1, 0.15) is 34.1 Å². The Labute approximate surface area is 84.1 Å². The van der Waals surface area contributed by atoms with E-state index >= 15 is 0 Å². The number of pyridine rings is 1. The molecule has 0 aliphatic heterocycles. The summed E-state index contributed by atoms with van der Waals surface area (Å²) in [5.41, 5.74) is 3.66. The largest absolute Gasteiger partial charge is 0.465 e. The van der Waals surface area contributed by atoms with Crippen LogP contribution in [0, 0.1) is 13.8 Å². The zero-order valence-electron chi connectivity index (χ0n) is 9.05. The molecule has 0 unspecified atom stereocenters. The normalized spacial score (nSPS) is 10.0. The molecule has 76 valence electrons. The Morgan fingerprint density at radius 3 is 2.64 bits per heavy atom. The molecule has 1 aromatic rings. The van der Waals surface area contributed by atoms with E-state index in [9.17, 15) is 4.79 Å². The predicted molar refractivity (Wildman–Crippen MR) is 54.4 cm³/mol. The quantitative estimate of drug-likeness (QED) is 0.675. The highest BCUT2D eigenvalue weighted by Crippen LogP contribution is 2.17. The Morgan fingerprint density at radius 2 is 2.14 bits per heavy atom. The molecule has 0 spiro atoms. The van der Waals surface area contributed by atoms with Crippen molar-refractivity contribution in [1.82, 2.24) is 4.98 Å². The summed E-state index contributed by atoms with van der Waals surface area (Å²) in [6.07, 6.45) is 2.46. The topological polar surface area (TPSA) is 39.2 Å². The summed E-state index contributed by atoms with van der Waals surface area (Å²) in [6, 6.07) is 0. The van der Waals surface area contributed by atoms with Crippen molar-refractivity contribution in [3.8, 4) is 0 Å². The lowest BCUT2D eigenvalue weighted by Gasteiger charge is -2.10. The molecule has 1 rings (SSSR count). The van der Waals surface area contributed by atoms with Crippen LogP contribution < -0.4 is 0 Å². The van der Waals surface area contributed by atoms with Gasteiger partial charge in [0, 0.05) is 11.9 Å². The first-order valence-corrected chi connectivity index (χ1v) is 4.65. The molecule has 3 heteroatoms. The highest BCUT2D eigenvalue weighted by atomic mass is 16.5. The van der Waals surface area contributed by atoms with E-state index in [-0.39, 0.29) is 5.97 Å². The smallest absolute Gasteiger partial charge is 0.339 e. The van der Waals surface area contributed by atoms with E-state index in [2.05, 4.69) is 16.6 Å². The van der Waals surface area contributed by atoms with E-state index < -0.39 is 0 Å². The maximum absolute atomic E-state index is 11.4. The van der Waals surface area contributed by atoms with Crippen LogP contribution in [0.15, 0.2) is 6.20 Å². The Balaban J connectivity index is 3.28. The summed E-state index contributed by atoms with van der Waals surface area (Å²) in [5.74, 6) is -0.315. The lowest BCUT2D eigenvalue weighted by Crippen LogP contribution is -2.08. The number of hydrogen-bond donors (Lipinski definition) is 0. The fourth-order valence-corrected chi connectivity index (χ4v) is 1.61. The molecule has 0 radical (unpaired) electrons. The summed E-state index contributed by atoms with van der Waals surface area (Å²) >= 11 is 0. The second kappa shape index (κ2) is 4.22. The number of aryl methyl sites for hydroxylation is 1. The maximum atomic E-state index is 11.4. The van der Waals surface area contributed by atoms with Crippen molar-refractivity contribution in [2.75, 3.05) is 7.11 Å². The monoisotopic (exact) mass is 193 g/mol. The molecule has 0 aliphatic rings.